The number of azo groups is 1. The second-order valence-electron chi connectivity index (χ2n) is 6.37. The molecule has 8 heteroatoms. The molecular formula is C22H15FN4O3. The zero-order chi connectivity index (χ0) is 21.1. The molecule has 0 aliphatic heterocycles. The molecule has 4 rings (SSSR count). The highest BCUT2D eigenvalue weighted by Crippen LogP contribution is 2.28. The molecule has 0 unspecified atom stereocenters. The van der Waals surface area contributed by atoms with Crippen molar-refractivity contribution in [2.75, 3.05) is 0 Å². The van der Waals surface area contributed by atoms with Gasteiger partial charge in [-0.25, -0.2) is 13.9 Å². The predicted octanol–water partition coefficient (Wildman–Crippen LogP) is 5.09. The van der Waals surface area contributed by atoms with Gasteiger partial charge in [-0.3, -0.25) is 9.89 Å². The molecule has 7 nitrogen and oxygen atoms in total. The van der Waals surface area contributed by atoms with Gasteiger partial charge >= 0.3 is 5.97 Å². The molecule has 0 radical (unpaired) electrons. The Morgan fingerprint density at radius 3 is 2.37 bits per heavy atom. The Bertz CT molecular complexity index is 1290. The van der Waals surface area contributed by atoms with Crippen LogP contribution in [0.15, 0.2) is 93.9 Å². The highest BCUT2D eigenvalue weighted by atomic mass is 19.1. The number of carboxylic acid groups (broad SMARTS) is 1. The maximum absolute atomic E-state index is 13.4. The van der Waals surface area contributed by atoms with Crippen molar-refractivity contribution in [2.24, 2.45) is 10.2 Å². The number of hydrogen-bond donors (Lipinski definition) is 2. The Morgan fingerprint density at radius 2 is 1.67 bits per heavy atom. The lowest BCUT2D eigenvalue weighted by Crippen LogP contribution is -2.13. The molecule has 0 atom stereocenters. The van der Waals surface area contributed by atoms with Crippen molar-refractivity contribution >= 4 is 17.3 Å². The summed E-state index contributed by atoms with van der Waals surface area (Å²) in [7, 11) is 0. The maximum atomic E-state index is 13.4. The Balaban J connectivity index is 1.84. The number of nitrogens with zero attached hydrogens (tertiary/aromatic N) is 3. The average molecular weight is 402 g/mol. The summed E-state index contributed by atoms with van der Waals surface area (Å²) < 4.78 is 14.7. The number of benzene rings is 3. The quantitative estimate of drug-likeness (QED) is 0.455. The van der Waals surface area contributed by atoms with E-state index in [0.29, 0.717) is 16.9 Å². The van der Waals surface area contributed by atoms with E-state index in [2.05, 4.69) is 15.3 Å². The molecule has 1 aromatic heterocycles. The van der Waals surface area contributed by atoms with Crippen molar-refractivity contribution in [3.63, 3.8) is 0 Å². The van der Waals surface area contributed by atoms with Crippen LogP contribution in [-0.2, 0) is 0 Å². The third kappa shape index (κ3) is 3.79. The first-order valence-corrected chi connectivity index (χ1v) is 8.94. The van der Waals surface area contributed by atoms with E-state index in [4.69, 9.17) is 5.11 Å². The topological polar surface area (TPSA) is 99.8 Å². The Morgan fingerprint density at radius 1 is 0.933 bits per heavy atom. The van der Waals surface area contributed by atoms with Crippen molar-refractivity contribution in [3.05, 3.63) is 101 Å². The highest BCUT2D eigenvalue weighted by molar-refractivity contribution is 5.88. The molecule has 0 aliphatic carbocycles. The standard InChI is InChI=1S/C22H15FN4O3/c23-16-11-9-14(10-12-16)19-20(21(28)27(26-19)18-7-2-1-3-8-18)25-24-17-6-4-5-15(13-17)22(29)30/h1-13,26H,(H,29,30). The number of H-pyrrole nitrogens is 1. The van der Waals surface area contributed by atoms with E-state index in [9.17, 15) is 14.0 Å². The summed E-state index contributed by atoms with van der Waals surface area (Å²) in [6, 6.07) is 20.4. The zero-order valence-electron chi connectivity index (χ0n) is 15.5. The second-order valence-corrected chi connectivity index (χ2v) is 6.37. The molecule has 0 saturated carbocycles. The van der Waals surface area contributed by atoms with Crippen LogP contribution in [-0.4, -0.2) is 20.9 Å². The second kappa shape index (κ2) is 7.96. The fourth-order valence-corrected chi connectivity index (χ4v) is 2.91. The van der Waals surface area contributed by atoms with Crippen LogP contribution in [0.1, 0.15) is 10.4 Å². The minimum Gasteiger partial charge on any atom is -0.478 e. The normalized spacial score (nSPS) is 11.1. The van der Waals surface area contributed by atoms with E-state index >= 15 is 0 Å². The molecular weight excluding hydrogens is 387 g/mol. The first-order chi connectivity index (χ1) is 14.5. The van der Waals surface area contributed by atoms with Crippen LogP contribution < -0.4 is 5.56 Å². The highest BCUT2D eigenvalue weighted by Gasteiger charge is 2.17. The molecule has 0 aliphatic rings. The predicted molar refractivity (Wildman–Crippen MR) is 109 cm³/mol. The van der Waals surface area contributed by atoms with Crippen LogP contribution in [0.2, 0.25) is 0 Å². The summed E-state index contributed by atoms with van der Waals surface area (Å²) in [5, 5.41) is 20.3. The van der Waals surface area contributed by atoms with Crippen LogP contribution in [0.4, 0.5) is 15.8 Å². The van der Waals surface area contributed by atoms with Crippen molar-refractivity contribution in [2.45, 2.75) is 0 Å². The number of carboxylic acids is 1. The monoisotopic (exact) mass is 402 g/mol. The Labute approximate surface area is 169 Å². The smallest absolute Gasteiger partial charge is 0.335 e. The zero-order valence-corrected chi connectivity index (χ0v) is 15.5. The van der Waals surface area contributed by atoms with Gasteiger partial charge in [0.1, 0.15) is 5.82 Å². The fraction of sp³-hybridized carbons (Fsp3) is 0. The van der Waals surface area contributed by atoms with Crippen molar-refractivity contribution < 1.29 is 14.3 Å². The number of carbonyl (C=O) groups is 1. The van der Waals surface area contributed by atoms with Gasteiger partial charge in [-0.2, -0.15) is 5.11 Å². The third-order valence-corrected chi connectivity index (χ3v) is 4.37. The van der Waals surface area contributed by atoms with Gasteiger partial charge in [-0.1, -0.05) is 24.3 Å². The first-order valence-electron chi connectivity index (χ1n) is 8.94. The van der Waals surface area contributed by atoms with Gasteiger partial charge in [0.2, 0.25) is 0 Å². The van der Waals surface area contributed by atoms with Crippen molar-refractivity contribution in [3.8, 4) is 16.9 Å². The third-order valence-electron chi connectivity index (χ3n) is 4.37. The van der Waals surface area contributed by atoms with Crippen molar-refractivity contribution in [1.82, 2.24) is 9.78 Å². The number of hydrogen-bond acceptors (Lipinski definition) is 4. The Kier molecular flexibility index (Phi) is 5.04. The SMILES string of the molecule is O=C(O)c1cccc(N=Nc2c(-c3ccc(F)cc3)[nH]n(-c3ccccc3)c2=O)c1. The van der Waals surface area contributed by atoms with Crippen LogP contribution in [0.3, 0.4) is 0 Å². The molecule has 0 bridgehead atoms. The summed E-state index contributed by atoms with van der Waals surface area (Å²) in [6.45, 7) is 0. The van der Waals surface area contributed by atoms with E-state index in [1.165, 1.54) is 47.1 Å². The van der Waals surface area contributed by atoms with Crippen LogP contribution in [0, 0.1) is 5.82 Å². The number of nitrogens with one attached hydrogen (secondary N) is 1. The molecule has 1 heterocycles. The Hall–Kier alpha value is -4.33. The summed E-state index contributed by atoms with van der Waals surface area (Å²) in [6.07, 6.45) is 0. The fourth-order valence-electron chi connectivity index (χ4n) is 2.91. The average Bonchev–Trinajstić information content (AvgIpc) is 3.10. The first kappa shape index (κ1) is 19.0. The molecule has 2 N–H and O–H groups in total. The largest absolute Gasteiger partial charge is 0.478 e. The summed E-state index contributed by atoms with van der Waals surface area (Å²) in [5.74, 6) is -1.50. The minimum atomic E-state index is -1.09. The lowest BCUT2D eigenvalue weighted by atomic mass is 10.1. The molecule has 0 fully saturated rings. The minimum absolute atomic E-state index is 0.0196. The van der Waals surface area contributed by atoms with E-state index in [-0.39, 0.29) is 16.9 Å². The van der Waals surface area contributed by atoms with Crippen LogP contribution in [0.5, 0.6) is 0 Å². The molecule has 0 amide bonds. The summed E-state index contributed by atoms with van der Waals surface area (Å²) >= 11 is 0. The molecule has 3 aromatic carbocycles. The summed E-state index contributed by atoms with van der Waals surface area (Å²) in [5.41, 5.74) is 1.43. The number of aromatic amines is 1. The number of aromatic carboxylic acids is 1. The van der Waals surface area contributed by atoms with E-state index < -0.39 is 17.3 Å². The lowest BCUT2D eigenvalue weighted by molar-refractivity contribution is 0.0697. The number of para-hydroxylation sites is 1. The number of rotatable bonds is 5. The van der Waals surface area contributed by atoms with Gasteiger partial charge in [0.15, 0.2) is 5.69 Å². The van der Waals surface area contributed by atoms with Crippen LogP contribution >= 0.6 is 0 Å². The van der Waals surface area contributed by atoms with E-state index in [1.807, 2.05) is 6.07 Å². The molecule has 0 saturated heterocycles. The molecule has 30 heavy (non-hydrogen) atoms. The van der Waals surface area contributed by atoms with E-state index in [1.54, 1.807) is 30.3 Å². The molecule has 4 aromatic rings. The molecule has 0 spiro atoms. The number of aromatic nitrogens is 2. The van der Waals surface area contributed by atoms with Crippen LogP contribution in [0.25, 0.3) is 16.9 Å². The van der Waals surface area contributed by atoms with Crippen molar-refractivity contribution in [1.29, 1.82) is 0 Å². The maximum Gasteiger partial charge on any atom is 0.335 e. The van der Waals surface area contributed by atoms with Gasteiger partial charge < -0.3 is 5.11 Å². The van der Waals surface area contributed by atoms with Gasteiger partial charge in [0.05, 0.1) is 22.6 Å². The van der Waals surface area contributed by atoms with Gasteiger partial charge in [0.25, 0.3) is 5.56 Å². The van der Waals surface area contributed by atoms with Gasteiger partial charge in [-0.05, 0) is 54.6 Å². The number of halogens is 1. The van der Waals surface area contributed by atoms with Gasteiger partial charge in [0, 0.05) is 5.56 Å². The lowest BCUT2D eigenvalue weighted by Gasteiger charge is -2.01. The summed E-state index contributed by atoms with van der Waals surface area (Å²) in [4.78, 5) is 24.2. The van der Waals surface area contributed by atoms with Gasteiger partial charge in [-0.15, -0.1) is 5.11 Å². The molecule has 148 valence electrons. The van der Waals surface area contributed by atoms with E-state index in [0.717, 1.165) is 0 Å².